The van der Waals surface area contributed by atoms with Gasteiger partial charge < -0.3 is 4.42 Å². The van der Waals surface area contributed by atoms with Crippen LogP contribution in [0.3, 0.4) is 0 Å². The number of aryl methyl sites for hydroxylation is 3. The Kier molecular flexibility index (Phi) is 2.80. The highest BCUT2D eigenvalue weighted by Gasteiger charge is 2.23. The van der Waals surface area contributed by atoms with Gasteiger partial charge in [-0.3, -0.25) is 0 Å². The molecule has 0 aliphatic rings. The standard InChI is InChI=1S/C28H27N2O/c1-17(2)23-16-30(5)25(15-19(23)4)26-18(3)11-12-21-22-13-14-24(20-9-7-6-8-10-20)29-28(22)31-27(21)26/h6-17H,1-5H3/q+1/i4D3,6D,7D,8D,9D,10D,17D. The Bertz CT molecular complexity index is 1820. The third-order valence-corrected chi connectivity index (χ3v) is 5.54. The highest BCUT2D eigenvalue weighted by molar-refractivity contribution is 6.09. The van der Waals surface area contributed by atoms with Crippen molar-refractivity contribution >= 4 is 22.1 Å². The summed E-state index contributed by atoms with van der Waals surface area (Å²) in [5.74, 6) is -1.13. The highest BCUT2D eigenvalue weighted by atomic mass is 16.3. The molecule has 0 radical (unpaired) electrons. The predicted octanol–water partition coefficient (Wildman–Crippen LogP) is 6.88. The van der Waals surface area contributed by atoms with E-state index in [1.807, 2.05) is 19.1 Å². The molecule has 31 heavy (non-hydrogen) atoms. The Morgan fingerprint density at radius 1 is 1.06 bits per heavy atom. The van der Waals surface area contributed by atoms with E-state index >= 15 is 0 Å². The summed E-state index contributed by atoms with van der Waals surface area (Å²) in [5, 5.41) is 1.39. The molecule has 0 N–H and O–H groups in total. The van der Waals surface area contributed by atoms with Crippen molar-refractivity contribution in [2.45, 2.75) is 33.5 Å². The lowest BCUT2D eigenvalue weighted by Crippen LogP contribution is -2.32. The van der Waals surface area contributed by atoms with E-state index in [1.54, 1.807) is 49.9 Å². The number of aromatic nitrogens is 2. The van der Waals surface area contributed by atoms with Gasteiger partial charge >= 0.3 is 0 Å². The number of benzene rings is 2. The topological polar surface area (TPSA) is 29.9 Å². The van der Waals surface area contributed by atoms with Crippen LogP contribution in [0.15, 0.2) is 71.2 Å². The number of rotatable bonds is 3. The summed E-state index contributed by atoms with van der Waals surface area (Å²) in [6.45, 7) is 2.76. The molecule has 2 aromatic carbocycles. The van der Waals surface area contributed by atoms with Crippen molar-refractivity contribution < 1.29 is 21.3 Å². The smallest absolute Gasteiger partial charge is 0.227 e. The Morgan fingerprint density at radius 2 is 1.84 bits per heavy atom. The summed E-state index contributed by atoms with van der Waals surface area (Å²) in [6.07, 6.45) is 1.68. The van der Waals surface area contributed by atoms with Crippen molar-refractivity contribution in [2.75, 3.05) is 0 Å². The van der Waals surface area contributed by atoms with Crippen molar-refractivity contribution in [2.24, 2.45) is 7.05 Å². The molecule has 0 aliphatic carbocycles. The van der Waals surface area contributed by atoms with E-state index in [-0.39, 0.29) is 34.6 Å². The van der Waals surface area contributed by atoms with E-state index in [9.17, 15) is 0 Å². The van der Waals surface area contributed by atoms with Gasteiger partial charge in [0.25, 0.3) is 0 Å². The van der Waals surface area contributed by atoms with Crippen LogP contribution in [0.1, 0.15) is 48.8 Å². The van der Waals surface area contributed by atoms with Crippen molar-refractivity contribution in [1.82, 2.24) is 4.98 Å². The number of furan rings is 1. The average Bonchev–Trinajstić information content (AvgIpc) is 3.23. The highest BCUT2D eigenvalue weighted by Crippen LogP contribution is 2.37. The molecule has 0 amide bonds. The summed E-state index contributed by atoms with van der Waals surface area (Å²) >= 11 is 0. The van der Waals surface area contributed by atoms with Crippen LogP contribution in [-0.4, -0.2) is 4.98 Å². The maximum Gasteiger partial charge on any atom is 0.227 e. The van der Waals surface area contributed by atoms with Gasteiger partial charge in [-0.2, -0.15) is 0 Å². The Hall–Kier alpha value is -3.46. The van der Waals surface area contributed by atoms with Gasteiger partial charge in [0.15, 0.2) is 11.8 Å². The molecule has 5 aromatic rings. The number of hydrogen-bond donors (Lipinski definition) is 0. The van der Waals surface area contributed by atoms with Crippen LogP contribution >= 0.6 is 0 Å². The van der Waals surface area contributed by atoms with Crippen molar-refractivity contribution in [1.29, 1.82) is 0 Å². The quantitative estimate of drug-likeness (QED) is 0.300. The second-order valence-corrected chi connectivity index (χ2v) is 7.88. The molecule has 5 rings (SSSR count). The maximum absolute atomic E-state index is 8.52. The maximum atomic E-state index is 8.52. The van der Waals surface area contributed by atoms with E-state index in [0.29, 0.717) is 27.8 Å². The third-order valence-electron chi connectivity index (χ3n) is 5.54. The molecular formula is C28H27N2O+. The van der Waals surface area contributed by atoms with Crippen LogP contribution in [0.4, 0.5) is 0 Å². The largest absolute Gasteiger partial charge is 0.437 e. The van der Waals surface area contributed by atoms with E-state index in [0.717, 1.165) is 10.9 Å². The molecule has 0 bridgehead atoms. The van der Waals surface area contributed by atoms with Gasteiger partial charge in [0.1, 0.15) is 7.05 Å². The molecule has 0 saturated heterocycles. The number of hydrogen-bond acceptors (Lipinski definition) is 2. The molecule has 3 nitrogen and oxygen atoms in total. The third kappa shape index (κ3) is 3.21. The summed E-state index contributed by atoms with van der Waals surface area (Å²) in [7, 11) is 1.80. The predicted molar refractivity (Wildman–Crippen MR) is 127 cm³/mol. The van der Waals surface area contributed by atoms with E-state index in [2.05, 4.69) is 4.98 Å². The van der Waals surface area contributed by atoms with Crippen LogP contribution in [0, 0.1) is 13.8 Å². The monoisotopic (exact) mass is 416 g/mol. The Labute approximate surface area is 195 Å². The fraction of sp³-hybridized carbons (Fsp3) is 0.214. The first-order valence-electron chi connectivity index (χ1n) is 14.5. The second-order valence-electron chi connectivity index (χ2n) is 7.88. The summed E-state index contributed by atoms with van der Waals surface area (Å²) in [4.78, 5) is 4.55. The molecule has 0 spiro atoms. The molecule has 3 aromatic heterocycles. The summed E-state index contributed by atoms with van der Waals surface area (Å²) in [5.41, 5.74) is 3.44. The van der Waals surface area contributed by atoms with E-state index in [4.69, 9.17) is 16.8 Å². The first-order chi connectivity index (χ1) is 18.5. The van der Waals surface area contributed by atoms with Crippen LogP contribution < -0.4 is 4.57 Å². The molecule has 154 valence electrons. The summed E-state index contributed by atoms with van der Waals surface area (Å²) in [6, 6.07) is 6.65. The van der Waals surface area contributed by atoms with Crippen LogP contribution in [0.5, 0.6) is 0 Å². The molecule has 0 unspecified atom stereocenters. The minimum absolute atomic E-state index is 0.0212. The van der Waals surface area contributed by atoms with Gasteiger partial charge in [0.2, 0.25) is 11.4 Å². The lowest BCUT2D eigenvalue weighted by molar-refractivity contribution is -0.660. The van der Waals surface area contributed by atoms with Gasteiger partial charge in [-0.1, -0.05) is 56.2 Å². The summed E-state index contributed by atoms with van der Waals surface area (Å²) < 4.78 is 81.5. The molecule has 0 saturated carbocycles. The minimum atomic E-state index is -2.44. The van der Waals surface area contributed by atoms with Gasteiger partial charge in [0, 0.05) is 33.4 Å². The van der Waals surface area contributed by atoms with Gasteiger partial charge in [-0.15, -0.1) is 0 Å². The van der Waals surface area contributed by atoms with Gasteiger partial charge in [0.05, 0.1) is 18.1 Å². The molecule has 3 heteroatoms. The van der Waals surface area contributed by atoms with Crippen LogP contribution in [0.25, 0.3) is 44.6 Å². The zero-order chi connectivity index (χ0) is 29.5. The molecule has 0 atom stereocenters. The molecule has 0 aliphatic heterocycles. The second kappa shape index (κ2) is 7.35. The zero-order valence-electron chi connectivity index (χ0n) is 26.8. The number of fused-ring (bicyclic) bond motifs is 3. The zero-order valence-corrected chi connectivity index (χ0v) is 17.8. The first-order valence-corrected chi connectivity index (χ1v) is 9.97. The van der Waals surface area contributed by atoms with Crippen molar-refractivity contribution in [3.63, 3.8) is 0 Å². The number of nitrogens with zero attached hydrogens (tertiary/aromatic N) is 2. The SMILES string of the molecule is [2H]c1c([2H])c([2H])c(-c2ccc3c(n2)oc2c(-c4cc(C([2H])([2H])[2H])c(C([2H])(C)C)c[n+]4C)c(C)ccc23)c([2H])c1[2H]. The van der Waals surface area contributed by atoms with Crippen molar-refractivity contribution in [3.8, 4) is 22.5 Å². The van der Waals surface area contributed by atoms with Gasteiger partial charge in [-0.25, -0.2) is 9.55 Å². The lowest BCUT2D eigenvalue weighted by Gasteiger charge is -2.11. The fourth-order valence-electron chi connectivity index (χ4n) is 3.95. The van der Waals surface area contributed by atoms with E-state index < -0.39 is 30.9 Å². The normalized spacial score (nSPS) is 16.6. The molecule has 0 fully saturated rings. The molecular weight excluding hydrogens is 380 g/mol. The van der Waals surface area contributed by atoms with Crippen LogP contribution in [0.2, 0.25) is 0 Å². The minimum Gasteiger partial charge on any atom is -0.437 e. The Morgan fingerprint density at radius 3 is 2.58 bits per heavy atom. The van der Waals surface area contributed by atoms with Gasteiger partial charge in [-0.05, 0) is 42.9 Å². The fourth-order valence-corrected chi connectivity index (χ4v) is 3.95. The molecule has 3 heterocycles. The van der Waals surface area contributed by atoms with Crippen LogP contribution in [-0.2, 0) is 7.05 Å². The lowest BCUT2D eigenvalue weighted by atomic mass is 9.95. The Balaban J connectivity index is 1.79. The average molecular weight is 417 g/mol. The van der Waals surface area contributed by atoms with E-state index in [1.165, 1.54) is 0 Å². The number of pyridine rings is 2. The van der Waals surface area contributed by atoms with Crippen molar-refractivity contribution in [3.05, 3.63) is 83.4 Å². The first kappa shape index (κ1) is 11.8.